The number of fused-ring (bicyclic) bond motifs is 1. The number of carbonyl (C=O) groups excluding carboxylic acids is 1. The van der Waals surface area contributed by atoms with E-state index in [-0.39, 0.29) is 17.1 Å². The van der Waals surface area contributed by atoms with Gasteiger partial charge in [-0.05, 0) is 18.2 Å². The molecule has 0 saturated carbocycles. The van der Waals surface area contributed by atoms with Crippen molar-refractivity contribution in [3.05, 3.63) is 41.5 Å². The molecule has 7 nitrogen and oxygen atoms in total. The molecule has 0 radical (unpaired) electrons. The number of ketones is 1. The van der Waals surface area contributed by atoms with Crippen LogP contribution in [0.25, 0.3) is 0 Å². The third-order valence-corrected chi connectivity index (χ3v) is 3.87. The molecular formula is C17H16O7. The lowest BCUT2D eigenvalue weighted by molar-refractivity contribution is 0.0202. The lowest BCUT2D eigenvalue weighted by Crippen LogP contribution is -2.36. The summed E-state index contributed by atoms with van der Waals surface area (Å²) in [6.07, 6.45) is -2.62. The number of benzene rings is 2. The number of hydrogen-bond donors (Lipinski definition) is 3. The maximum Gasteiger partial charge on any atom is 0.202 e. The molecule has 0 saturated heterocycles. The fraction of sp³-hybridized carbons (Fsp3) is 0.235. The molecule has 0 aromatic heterocycles. The predicted octanol–water partition coefficient (Wildman–Crippen LogP) is 1.79. The van der Waals surface area contributed by atoms with Crippen LogP contribution in [0.4, 0.5) is 0 Å². The van der Waals surface area contributed by atoms with Crippen molar-refractivity contribution >= 4 is 5.78 Å². The highest BCUT2D eigenvalue weighted by Gasteiger charge is 2.40. The van der Waals surface area contributed by atoms with E-state index in [0.29, 0.717) is 17.1 Å². The standard InChI is InChI=1S/C17H16O7/c1-22-9-3-4-12(23-2)10(7-9)17-16(21)15(20)14-11(19)5-8(18)6-13(14)24-17/h3-7,16-19,21H,1-2H3/t16-,17+/m1/s1. The molecule has 1 heterocycles. The van der Waals surface area contributed by atoms with Crippen LogP contribution in [0, 0.1) is 0 Å². The van der Waals surface area contributed by atoms with Crippen molar-refractivity contribution in [2.24, 2.45) is 0 Å². The first-order valence-corrected chi connectivity index (χ1v) is 7.13. The molecule has 2 aromatic rings. The van der Waals surface area contributed by atoms with E-state index in [4.69, 9.17) is 14.2 Å². The van der Waals surface area contributed by atoms with Crippen molar-refractivity contribution in [3.8, 4) is 28.7 Å². The van der Waals surface area contributed by atoms with Crippen LogP contribution in [0.3, 0.4) is 0 Å². The number of phenolic OH excluding ortho intramolecular Hbond substituents is 2. The van der Waals surface area contributed by atoms with Gasteiger partial charge in [0.25, 0.3) is 0 Å². The fourth-order valence-corrected chi connectivity index (χ4v) is 2.71. The number of Topliss-reactive ketones (excluding diaryl/α,β-unsaturated/α-hetero) is 1. The molecule has 3 N–H and O–H groups in total. The second kappa shape index (κ2) is 5.93. The SMILES string of the molecule is COc1ccc(OC)c([C@@H]2Oc3cc(O)cc(O)c3C(=O)[C@H]2O)c1. The van der Waals surface area contributed by atoms with Crippen LogP contribution in [-0.4, -0.2) is 41.4 Å². The van der Waals surface area contributed by atoms with Crippen LogP contribution in [0.1, 0.15) is 22.0 Å². The summed E-state index contributed by atoms with van der Waals surface area (Å²) in [6, 6.07) is 7.11. The monoisotopic (exact) mass is 332 g/mol. The molecule has 7 heteroatoms. The van der Waals surface area contributed by atoms with Crippen LogP contribution >= 0.6 is 0 Å². The Bertz CT molecular complexity index is 800. The molecular weight excluding hydrogens is 316 g/mol. The molecule has 1 aliphatic rings. The van der Waals surface area contributed by atoms with E-state index < -0.39 is 23.7 Å². The minimum Gasteiger partial charge on any atom is -0.508 e. The Hall–Kier alpha value is -2.93. The van der Waals surface area contributed by atoms with Crippen molar-refractivity contribution in [2.45, 2.75) is 12.2 Å². The summed E-state index contributed by atoms with van der Waals surface area (Å²) >= 11 is 0. The van der Waals surface area contributed by atoms with E-state index in [1.165, 1.54) is 20.3 Å². The van der Waals surface area contributed by atoms with Gasteiger partial charge in [-0.3, -0.25) is 4.79 Å². The van der Waals surface area contributed by atoms with Crippen molar-refractivity contribution in [3.63, 3.8) is 0 Å². The summed E-state index contributed by atoms with van der Waals surface area (Å²) in [5.74, 6) is -0.530. The normalized spacial score (nSPS) is 19.4. The second-order valence-corrected chi connectivity index (χ2v) is 5.29. The Morgan fingerprint density at radius 3 is 2.50 bits per heavy atom. The first-order chi connectivity index (χ1) is 11.5. The quantitative estimate of drug-likeness (QED) is 0.787. The molecule has 0 aliphatic carbocycles. The molecule has 126 valence electrons. The summed E-state index contributed by atoms with van der Waals surface area (Å²) in [5, 5.41) is 29.8. The van der Waals surface area contributed by atoms with Gasteiger partial charge >= 0.3 is 0 Å². The molecule has 1 aliphatic heterocycles. The number of methoxy groups -OCH3 is 2. The van der Waals surface area contributed by atoms with Gasteiger partial charge in [0.15, 0.2) is 12.2 Å². The molecule has 2 aromatic carbocycles. The largest absolute Gasteiger partial charge is 0.508 e. The zero-order valence-electron chi connectivity index (χ0n) is 13.0. The van der Waals surface area contributed by atoms with E-state index in [0.717, 1.165) is 6.07 Å². The number of aliphatic hydroxyl groups excluding tert-OH is 1. The first kappa shape index (κ1) is 15.9. The first-order valence-electron chi connectivity index (χ1n) is 7.13. The Balaban J connectivity index is 2.12. The Kier molecular flexibility index (Phi) is 3.94. The topological polar surface area (TPSA) is 105 Å². The summed E-state index contributed by atoms with van der Waals surface area (Å²) in [4.78, 5) is 12.4. The number of carbonyl (C=O) groups is 1. The van der Waals surface area contributed by atoms with Crippen LogP contribution in [0.2, 0.25) is 0 Å². The van der Waals surface area contributed by atoms with Crippen molar-refractivity contribution in [1.82, 2.24) is 0 Å². The maximum absolute atomic E-state index is 12.4. The van der Waals surface area contributed by atoms with Gasteiger partial charge in [0.1, 0.15) is 34.3 Å². The van der Waals surface area contributed by atoms with Crippen LogP contribution in [0.5, 0.6) is 28.7 Å². The summed E-state index contributed by atoms with van der Waals surface area (Å²) in [5.41, 5.74) is 0.240. The minimum absolute atomic E-state index is 0.0160. The molecule has 0 spiro atoms. The highest BCUT2D eigenvalue weighted by atomic mass is 16.5. The Labute approximate surface area is 137 Å². The van der Waals surface area contributed by atoms with Crippen LogP contribution in [-0.2, 0) is 0 Å². The van der Waals surface area contributed by atoms with Gasteiger partial charge in [0.05, 0.1) is 14.2 Å². The number of ether oxygens (including phenoxy) is 3. The predicted molar refractivity (Wildman–Crippen MR) is 83.0 cm³/mol. The van der Waals surface area contributed by atoms with Gasteiger partial charge in [-0.15, -0.1) is 0 Å². The van der Waals surface area contributed by atoms with E-state index in [1.54, 1.807) is 18.2 Å². The zero-order valence-corrected chi connectivity index (χ0v) is 13.0. The number of aliphatic hydroxyl groups is 1. The lowest BCUT2D eigenvalue weighted by atomic mass is 9.92. The maximum atomic E-state index is 12.4. The lowest BCUT2D eigenvalue weighted by Gasteiger charge is -2.31. The van der Waals surface area contributed by atoms with E-state index >= 15 is 0 Å². The molecule has 24 heavy (non-hydrogen) atoms. The Morgan fingerprint density at radius 2 is 1.83 bits per heavy atom. The van der Waals surface area contributed by atoms with Crippen LogP contribution < -0.4 is 14.2 Å². The van der Waals surface area contributed by atoms with Crippen molar-refractivity contribution < 1.29 is 34.3 Å². The second-order valence-electron chi connectivity index (χ2n) is 5.29. The highest BCUT2D eigenvalue weighted by molar-refractivity contribution is 6.05. The summed E-state index contributed by atoms with van der Waals surface area (Å²) in [7, 11) is 2.94. The van der Waals surface area contributed by atoms with Gasteiger partial charge in [-0.1, -0.05) is 0 Å². The van der Waals surface area contributed by atoms with E-state index in [2.05, 4.69) is 0 Å². The molecule has 0 unspecified atom stereocenters. The van der Waals surface area contributed by atoms with Crippen LogP contribution in [0.15, 0.2) is 30.3 Å². The van der Waals surface area contributed by atoms with Gasteiger partial charge in [0.2, 0.25) is 5.78 Å². The molecule has 0 bridgehead atoms. The van der Waals surface area contributed by atoms with Gasteiger partial charge in [0, 0.05) is 17.7 Å². The van der Waals surface area contributed by atoms with E-state index in [1.807, 2.05) is 0 Å². The van der Waals surface area contributed by atoms with Gasteiger partial charge in [-0.2, -0.15) is 0 Å². The average molecular weight is 332 g/mol. The van der Waals surface area contributed by atoms with Crippen molar-refractivity contribution in [1.29, 1.82) is 0 Å². The number of rotatable bonds is 3. The minimum atomic E-state index is -1.55. The smallest absolute Gasteiger partial charge is 0.202 e. The summed E-state index contributed by atoms with van der Waals surface area (Å²) < 4.78 is 16.1. The number of phenols is 2. The average Bonchev–Trinajstić information content (AvgIpc) is 2.56. The highest BCUT2D eigenvalue weighted by Crippen LogP contribution is 2.44. The molecule has 0 fully saturated rings. The summed E-state index contributed by atoms with van der Waals surface area (Å²) in [6.45, 7) is 0. The third kappa shape index (κ3) is 2.48. The van der Waals surface area contributed by atoms with Gasteiger partial charge in [-0.25, -0.2) is 0 Å². The zero-order chi connectivity index (χ0) is 17.4. The third-order valence-electron chi connectivity index (χ3n) is 3.87. The van der Waals surface area contributed by atoms with E-state index in [9.17, 15) is 20.1 Å². The Morgan fingerprint density at radius 1 is 1.08 bits per heavy atom. The molecule has 2 atom stereocenters. The van der Waals surface area contributed by atoms with Gasteiger partial charge < -0.3 is 29.5 Å². The number of aromatic hydroxyl groups is 2. The fourth-order valence-electron chi connectivity index (χ4n) is 2.71. The van der Waals surface area contributed by atoms with Crippen molar-refractivity contribution in [2.75, 3.05) is 14.2 Å². The number of hydrogen-bond acceptors (Lipinski definition) is 7. The molecule has 3 rings (SSSR count). The molecule has 0 amide bonds.